The topological polar surface area (TPSA) is 105 Å². The van der Waals surface area contributed by atoms with Gasteiger partial charge in [-0.15, -0.1) is 0 Å². The second-order valence-corrected chi connectivity index (χ2v) is 4.36. The SMILES string of the molecule is COC(CNC(=O)NCCc1cnn(C)c1)CC(=O)O. The van der Waals surface area contributed by atoms with Gasteiger partial charge < -0.3 is 20.5 Å². The standard InChI is InChI=1S/C12H20N4O4/c1-16-8-9(6-15-16)3-4-13-12(19)14-7-10(20-2)5-11(17)18/h6,8,10H,3-5,7H2,1-2H3,(H,17,18)(H2,13,14,19). The van der Waals surface area contributed by atoms with Crippen LogP contribution in [0.3, 0.4) is 0 Å². The van der Waals surface area contributed by atoms with Gasteiger partial charge in [0.05, 0.1) is 18.7 Å². The number of carboxylic acid groups (broad SMARTS) is 1. The van der Waals surface area contributed by atoms with Crippen molar-refractivity contribution in [1.82, 2.24) is 20.4 Å². The number of nitrogens with zero attached hydrogens (tertiary/aromatic N) is 2. The van der Waals surface area contributed by atoms with Gasteiger partial charge in [0.2, 0.25) is 0 Å². The molecule has 0 fully saturated rings. The minimum Gasteiger partial charge on any atom is -0.481 e. The maximum absolute atomic E-state index is 11.5. The molecule has 0 aliphatic heterocycles. The molecule has 0 saturated carbocycles. The van der Waals surface area contributed by atoms with Crippen LogP contribution in [0.15, 0.2) is 12.4 Å². The summed E-state index contributed by atoms with van der Waals surface area (Å²) in [7, 11) is 3.24. The number of aryl methyl sites for hydroxylation is 1. The van der Waals surface area contributed by atoms with E-state index in [0.29, 0.717) is 13.0 Å². The largest absolute Gasteiger partial charge is 0.481 e. The molecule has 3 N–H and O–H groups in total. The zero-order chi connectivity index (χ0) is 15.0. The number of hydrogen-bond acceptors (Lipinski definition) is 4. The van der Waals surface area contributed by atoms with Crippen molar-refractivity contribution in [2.75, 3.05) is 20.2 Å². The summed E-state index contributed by atoms with van der Waals surface area (Å²) < 4.78 is 6.65. The predicted octanol–water partition coefficient (Wildman–Crippen LogP) is -0.248. The van der Waals surface area contributed by atoms with Crippen LogP contribution >= 0.6 is 0 Å². The summed E-state index contributed by atoms with van der Waals surface area (Å²) in [5, 5.41) is 17.9. The molecule has 0 aromatic carbocycles. The number of methoxy groups -OCH3 is 1. The van der Waals surface area contributed by atoms with E-state index in [1.807, 2.05) is 13.2 Å². The highest BCUT2D eigenvalue weighted by molar-refractivity contribution is 5.74. The molecule has 2 amide bonds. The third kappa shape index (κ3) is 6.19. The zero-order valence-corrected chi connectivity index (χ0v) is 11.6. The van der Waals surface area contributed by atoms with Crippen LogP contribution in [0.4, 0.5) is 4.79 Å². The number of carbonyl (C=O) groups is 2. The molecule has 0 aliphatic rings. The molecule has 1 aromatic rings. The molecule has 1 heterocycles. The molecule has 1 aromatic heterocycles. The number of carbonyl (C=O) groups excluding carboxylic acids is 1. The fourth-order valence-electron chi connectivity index (χ4n) is 1.62. The Morgan fingerprint density at radius 1 is 1.50 bits per heavy atom. The number of carboxylic acids is 1. The van der Waals surface area contributed by atoms with Gasteiger partial charge in [-0.05, 0) is 12.0 Å². The van der Waals surface area contributed by atoms with E-state index in [1.165, 1.54) is 7.11 Å². The molecule has 1 unspecified atom stereocenters. The molecule has 1 atom stereocenters. The second-order valence-electron chi connectivity index (χ2n) is 4.36. The first-order valence-electron chi connectivity index (χ1n) is 6.25. The van der Waals surface area contributed by atoms with E-state index in [9.17, 15) is 9.59 Å². The van der Waals surface area contributed by atoms with Gasteiger partial charge in [-0.2, -0.15) is 5.10 Å². The molecule has 112 valence electrons. The lowest BCUT2D eigenvalue weighted by molar-refractivity contribution is -0.139. The Hall–Kier alpha value is -2.09. The number of hydrogen-bond donors (Lipinski definition) is 3. The lowest BCUT2D eigenvalue weighted by Gasteiger charge is -2.14. The average molecular weight is 284 g/mol. The molecule has 20 heavy (non-hydrogen) atoms. The molecule has 0 aliphatic carbocycles. The first-order valence-corrected chi connectivity index (χ1v) is 6.25. The number of ether oxygens (including phenoxy) is 1. The van der Waals surface area contributed by atoms with Gasteiger partial charge in [-0.25, -0.2) is 4.79 Å². The highest BCUT2D eigenvalue weighted by atomic mass is 16.5. The second kappa shape index (κ2) is 8.16. The Kier molecular flexibility index (Phi) is 6.51. The summed E-state index contributed by atoms with van der Waals surface area (Å²) in [5.74, 6) is -0.962. The van der Waals surface area contributed by atoms with Crippen LogP contribution in [0.5, 0.6) is 0 Å². The number of aliphatic carboxylic acids is 1. The molecule has 0 radical (unpaired) electrons. The Bertz CT molecular complexity index is 446. The van der Waals surface area contributed by atoms with Crippen molar-refractivity contribution in [2.45, 2.75) is 18.9 Å². The van der Waals surface area contributed by atoms with Gasteiger partial charge in [0.15, 0.2) is 0 Å². The maximum Gasteiger partial charge on any atom is 0.314 e. The van der Waals surface area contributed by atoms with E-state index >= 15 is 0 Å². The van der Waals surface area contributed by atoms with E-state index in [0.717, 1.165) is 5.56 Å². The Morgan fingerprint density at radius 2 is 2.25 bits per heavy atom. The van der Waals surface area contributed by atoms with Crippen LogP contribution in [-0.2, 0) is 23.0 Å². The van der Waals surface area contributed by atoms with Crippen molar-refractivity contribution in [3.05, 3.63) is 18.0 Å². The van der Waals surface area contributed by atoms with Gasteiger partial charge in [-0.3, -0.25) is 9.48 Å². The number of urea groups is 1. The van der Waals surface area contributed by atoms with Crippen LogP contribution in [0, 0.1) is 0 Å². The normalized spacial score (nSPS) is 11.9. The van der Waals surface area contributed by atoms with Crippen molar-refractivity contribution in [3.8, 4) is 0 Å². The first-order chi connectivity index (χ1) is 9.51. The molecule has 0 saturated heterocycles. The lowest BCUT2D eigenvalue weighted by Crippen LogP contribution is -2.41. The number of aromatic nitrogens is 2. The summed E-state index contributed by atoms with van der Waals surface area (Å²) in [6, 6.07) is -0.346. The van der Waals surface area contributed by atoms with Crippen LogP contribution in [0.2, 0.25) is 0 Å². The predicted molar refractivity (Wildman–Crippen MR) is 71.4 cm³/mol. The third-order valence-electron chi connectivity index (χ3n) is 2.68. The smallest absolute Gasteiger partial charge is 0.314 e. The molecule has 8 heteroatoms. The lowest BCUT2D eigenvalue weighted by atomic mass is 10.2. The third-order valence-corrected chi connectivity index (χ3v) is 2.68. The fourth-order valence-corrected chi connectivity index (χ4v) is 1.62. The van der Waals surface area contributed by atoms with Crippen LogP contribution in [0.1, 0.15) is 12.0 Å². The van der Waals surface area contributed by atoms with Crippen LogP contribution in [-0.4, -0.2) is 53.2 Å². The van der Waals surface area contributed by atoms with Gasteiger partial charge in [0.25, 0.3) is 0 Å². The van der Waals surface area contributed by atoms with Crippen LogP contribution < -0.4 is 10.6 Å². The minimum atomic E-state index is -0.962. The molecular weight excluding hydrogens is 264 g/mol. The van der Waals surface area contributed by atoms with E-state index in [1.54, 1.807) is 10.9 Å². The molecule has 8 nitrogen and oxygen atoms in total. The van der Waals surface area contributed by atoms with Crippen molar-refractivity contribution in [1.29, 1.82) is 0 Å². The van der Waals surface area contributed by atoms with E-state index in [4.69, 9.17) is 9.84 Å². The van der Waals surface area contributed by atoms with Crippen molar-refractivity contribution in [2.24, 2.45) is 7.05 Å². The van der Waals surface area contributed by atoms with E-state index in [-0.39, 0.29) is 19.0 Å². The summed E-state index contributed by atoms with van der Waals surface area (Å²) >= 11 is 0. The van der Waals surface area contributed by atoms with Crippen LogP contribution in [0.25, 0.3) is 0 Å². The van der Waals surface area contributed by atoms with Crippen molar-refractivity contribution < 1.29 is 19.4 Å². The quantitative estimate of drug-likeness (QED) is 0.610. The van der Waals surface area contributed by atoms with E-state index in [2.05, 4.69) is 15.7 Å². The van der Waals surface area contributed by atoms with Gasteiger partial charge in [-0.1, -0.05) is 0 Å². The highest BCUT2D eigenvalue weighted by Crippen LogP contribution is 1.97. The monoisotopic (exact) mass is 284 g/mol. The zero-order valence-electron chi connectivity index (χ0n) is 11.6. The number of nitrogens with one attached hydrogen (secondary N) is 2. The Balaban J connectivity index is 2.18. The van der Waals surface area contributed by atoms with Gasteiger partial charge in [0.1, 0.15) is 0 Å². The molecule has 1 rings (SSSR count). The van der Waals surface area contributed by atoms with Crippen molar-refractivity contribution in [3.63, 3.8) is 0 Å². The first kappa shape index (κ1) is 16.0. The molecular formula is C12H20N4O4. The Morgan fingerprint density at radius 3 is 2.80 bits per heavy atom. The number of rotatable bonds is 8. The molecule has 0 spiro atoms. The summed E-state index contributed by atoms with van der Waals surface area (Å²) in [6.07, 6.45) is 3.63. The maximum atomic E-state index is 11.5. The highest BCUT2D eigenvalue weighted by Gasteiger charge is 2.13. The van der Waals surface area contributed by atoms with E-state index < -0.39 is 12.1 Å². The number of amides is 2. The van der Waals surface area contributed by atoms with Crippen molar-refractivity contribution >= 4 is 12.0 Å². The molecule has 0 bridgehead atoms. The fraction of sp³-hybridized carbons (Fsp3) is 0.583. The summed E-state index contributed by atoms with van der Waals surface area (Å²) in [6.45, 7) is 0.635. The average Bonchev–Trinajstić information content (AvgIpc) is 2.80. The summed E-state index contributed by atoms with van der Waals surface area (Å²) in [5.41, 5.74) is 1.04. The van der Waals surface area contributed by atoms with Gasteiger partial charge >= 0.3 is 12.0 Å². The minimum absolute atomic E-state index is 0.146. The summed E-state index contributed by atoms with van der Waals surface area (Å²) in [4.78, 5) is 22.0. The Labute approximate surface area is 117 Å². The van der Waals surface area contributed by atoms with Gasteiger partial charge in [0, 0.05) is 33.4 Å².